The van der Waals surface area contributed by atoms with Crippen LogP contribution in [0.5, 0.6) is 0 Å². The zero-order valence-electron chi connectivity index (χ0n) is 14.7. The molecule has 3 rings (SSSR count). The van der Waals surface area contributed by atoms with E-state index in [4.69, 9.17) is 0 Å². The molecule has 1 aromatic carbocycles. The van der Waals surface area contributed by atoms with E-state index < -0.39 is 55.9 Å². The number of hydrogen-bond donors (Lipinski definition) is 2. The van der Waals surface area contributed by atoms with Gasteiger partial charge in [0.05, 0.1) is 22.6 Å². The molecule has 2 N–H and O–H groups in total. The number of sulfonamides is 1. The van der Waals surface area contributed by atoms with E-state index in [-0.39, 0.29) is 23.5 Å². The largest absolute Gasteiger partial charge is 0.433 e. The molecule has 0 fully saturated rings. The third-order valence-corrected chi connectivity index (χ3v) is 5.23. The summed E-state index contributed by atoms with van der Waals surface area (Å²) in [7, 11) is -4.65. The van der Waals surface area contributed by atoms with Crippen molar-refractivity contribution >= 4 is 15.7 Å². The highest BCUT2D eigenvalue weighted by atomic mass is 32.2. The molecule has 0 saturated heterocycles. The Hall–Kier alpha value is -3.16. The molecule has 0 aliphatic heterocycles. The summed E-state index contributed by atoms with van der Waals surface area (Å²) in [6.07, 6.45) is -9.11. The Morgan fingerprint density at radius 3 is 2.19 bits per heavy atom. The molecule has 3 aromatic rings. The highest BCUT2D eigenvalue weighted by Gasteiger charge is 2.36. The molecule has 5 nitrogen and oxygen atoms in total. The number of pyridine rings is 1. The summed E-state index contributed by atoms with van der Waals surface area (Å²) < 4.78 is 130. The monoisotopic (exact) mass is 471 g/mol. The second kappa shape index (κ2) is 7.51. The maximum atomic E-state index is 13.9. The van der Waals surface area contributed by atoms with Gasteiger partial charge in [0.1, 0.15) is 22.2 Å². The molecule has 0 radical (unpaired) electrons. The lowest BCUT2D eigenvalue weighted by Gasteiger charge is -2.12. The molecule has 0 aliphatic rings. The minimum absolute atomic E-state index is 0.0254. The molecule has 2 heterocycles. The number of aromatic nitrogens is 2. The van der Waals surface area contributed by atoms with Gasteiger partial charge >= 0.3 is 12.4 Å². The number of H-pyrrole nitrogens is 1. The van der Waals surface area contributed by atoms with Crippen LogP contribution < -0.4 is 4.72 Å². The van der Waals surface area contributed by atoms with Crippen molar-refractivity contribution in [1.29, 1.82) is 0 Å². The van der Waals surface area contributed by atoms with E-state index in [2.05, 4.69) is 9.97 Å². The number of anilines is 1. The Morgan fingerprint density at radius 1 is 0.903 bits per heavy atom. The van der Waals surface area contributed by atoms with Gasteiger partial charge in [-0.25, -0.2) is 22.2 Å². The number of halogens is 8. The number of nitrogens with one attached hydrogen (secondary N) is 2. The van der Waals surface area contributed by atoms with Gasteiger partial charge in [-0.15, -0.1) is 0 Å². The van der Waals surface area contributed by atoms with Crippen molar-refractivity contribution < 1.29 is 43.5 Å². The van der Waals surface area contributed by atoms with Crippen LogP contribution in [0.25, 0.3) is 11.4 Å². The molecule has 31 heavy (non-hydrogen) atoms. The van der Waals surface area contributed by atoms with Crippen molar-refractivity contribution in [3.05, 3.63) is 65.5 Å². The lowest BCUT2D eigenvalue weighted by Crippen LogP contribution is -2.15. The average Bonchev–Trinajstić information content (AvgIpc) is 3.14. The molecule has 0 aliphatic carbocycles. The highest BCUT2D eigenvalue weighted by Crippen LogP contribution is 2.34. The third kappa shape index (κ3) is 4.78. The molecular weight excluding hydrogens is 462 g/mol. The van der Waals surface area contributed by atoms with Gasteiger partial charge < -0.3 is 4.98 Å². The highest BCUT2D eigenvalue weighted by molar-refractivity contribution is 7.92. The molecule has 0 saturated carbocycles. The van der Waals surface area contributed by atoms with Crippen LogP contribution in [-0.2, 0) is 22.4 Å². The molecule has 2 aromatic heterocycles. The van der Waals surface area contributed by atoms with Crippen molar-refractivity contribution in [1.82, 2.24) is 9.97 Å². The summed E-state index contributed by atoms with van der Waals surface area (Å²) in [5, 5.41) is 0. The summed E-state index contributed by atoms with van der Waals surface area (Å²) in [5.74, 6) is -3.60. The van der Waals surface area contributed by atoms with Crippen LogP contribution >= 0.6 is 0 Å². The van der Waals surface area contributed by atoms with E-state index in [1.807, 2.05) is 0 Å². The van der Waals surface area contributed by atoms with Crippen molar-refractivity contribution in [2.75, 3.05) is 4.72 Å². The Bertz CT molecular complexity index is 1230. The Balaban J connectivity index is 1.92. The number of benzene rings is 1. The van der Waals surface area contributed by atoms with Gasteiger partial charge in [-0.1, -0.05) is 6.07 Å². The van der Waals surface area contributed by atoms with Gasteiger partial charge in [0.25, 0.3) is 10.0 Å². The van der Waals surface area contributed by atoms with Crippen LogP contribution in [0.4, 0.5) is 40.8 Å². The van der Waals surface area contributed by atoms with Crippen LogP contribution in [-0.4, -0.2) is 18.4 Å². The summed E-state index contributed by atoms with van der Waals surface area (Å²) >= 11 is 0. The van der Waals surface area contributed by atoms with Gasteiger partial charge in [-0.3, -0.25) is 4.72 Å². The number of nitrogens with zero attached hydrogens (tertiary/aromatic N) is 1. The second-order valence-electron chi connectivity index (χ2n) is 6.07. The lowest BCUT2D eigenvalue weighted by atomic mass is 10.2. The average molecular weight is 471 g/mol. The van der Waals surface area contributed by atoms with E-state index in [1.54, 1.807) is 4.72 Å². The summed E-state index contributed by atoms with van der Waals surface area (Å²) in [6.45, 7) is 0. The van der Waals surface area contributed by atoms with Gasteiger partial charge in [-0.2, -0.15) is 26.3 Å². The van der Waals surface area contributed by atoms with Crippen molar-refractivity contribution in [3.8, 4) is 11.4 Å². The standard InChI is InChI=1S/C17H9F8N3O2S/c18-10-6-13(11(19)5-9(10)16(20,21)22)28-31(29,30)8-4-14(26-7-8)12-2-1-3-15(27-12)17(23,24)25/h1-7,26,28H. The van der Waals surface area contributed by atoms with Gasteiger partial charge in [0.15, 0.2) is 0 Å². The van der Waals surface area contributed by atoms with Gasteiger partial charge in [-0.05, 0) is 24.3 Å². The molecule has 0 amide bonds. The molecule has 0 bridgehead atoms. The number of alkyl halides is 6. The van der Waals surface area contributed by atoms with Crippen LogP contribution in [0.2, 0.25) is 0 Å². The Morgan fingerprint density at radius 2 is 1.58 bits per heavy atom. The van der Waals surface area contributed by atoms with E-state index in [1.165, 1.54) is 0 Å². The van der Waals surface area contributed by atoms with Crippen molar-refractivity contribution in [3.63, 3.8) is 0 Å². The maximum absolute atomic E-state index is 13.9. The van der Waals surface area contributed by atoms with Crippen molar-refractivity contribution in [2.24, 2.45) is 0 Å². The predicted molar refractivity (Wildman–Crippen MR) is 91.2 cm³/mol. The second-order valence-corrected chi connectivity index (χ2v) is 7.75. The minimum Gasteiger partial charge on any atom is -0.359 e. The van der Waals surface area contributed by atoms with Crippen LogP contribution in [0, 0.1) is 11.6 Å². The summed E-state index contributed by atoms with van der Waals surface area (Å²) in [5.41, 5.74) is -4.66. The topological polar surface area (TPSA) is 74.8 Å². The molecular formula is C17H9F8N3O2S. The number of hydrogen-bond acceptors (Lipinski definition) is 3. The Kier molecular flexibility index (Phi) is 5.46. The minimum atomic E-state index is -5.20. The van der Waals surface area contributed by atoms with Crippen LogP contribution in [0.1, 0.15) is 11.3 Å². The first-order chi connectivity index (χ1) is 14.2. The van der Waals surface area contributed by atoms with Crippen LogP contribution in [0.15, 0.2) is 47.5 Å². The predicted octanol–water partition coefficient (Wildman–Crippen LogP) is 5.19. The molecule has 14 heteroatoms. The number of rotatable bonds is 4. The van der Waals surface area contributed by atoms with Gasteiger partial charge in [0, 0.05) is 12.3 Å². The molecule has 166 valence electrons. The van der Waals surface area contributed by atoms with Crippen LogP contribution in [0.3, 0.4) is 0 Å². The van der Waals surface area contributed by atoms with E-state index in [0.29, 0.717) is 6.07 Å². The smallest absolute Gasteiger partial charge is 0.359 e. The summed E-state index contributed by atoms with van der Waals surface area (Å²) in [6, 6.07) is 3.59. The zero-order valence-corrected chi connectivity index (χ0v) is 15.6. The maximum Gasteiger partial charge on any atom is 0.433 e. The Labute approximate surface area is 168 Å². The van der Waals surface area contributed by atoms with E-state index in [9.17, 15) is 43.5 Å². The molecule has 0 spiro atoms. The lowest BCUT2D eigenvalue weighted by molar-refractivity contribution is -0.141. The first-order valence-electron chi connectivity index (χ1n) is 8.00. The fourth-order valence-electron chi connectivity index (χ4n) is 2.47. The van der Waals surface area contributed by atoms with E-state index in [0.717, 1.165) is 24.4 Å². The normalized spacial score (nSPS) is 12.8. The zero-order chi connectivity index (χ0) is 23.2. The first kappa shape index (κ1) is 22.5. The fourth-order valence-corrected chi connectivity index (χ4v) is 3.52. The fraction of sp³-hybridized carbons (Fsp3) is 0.118. The quantitative estimate of drug-likeness (QED) is 0.515. The van der Waals surface area contributed by atoms with Gasteiger partial charge in [0.2, 0.25) is 0 Å². The van der Waals surface area contributed by atoms with Crippen molar-refractivity contribution in [2.45, 2.75) is 17.2 Å². The SMILES string of the molecule is O=S(=O)(Nc1cc(F)c(C(F)(F)F)cc1F)c1c[nH]c(-c2cccc(C(F)(F)F)n2)c1. The first-order valence-corrected chi connectivity index (χ1v) is 9.49. The third-order valence-electron chi connectivity index (χ3n) is 3.89. The van der Waals surface area contributed by atoms with E-state index >= 15 is 0 Å². The molecule has 0 unspecified atom stereocenters. The summed E-state index contributed by atoms with van der Waals surface area (Å²) in [4.78, 5) is 5.14. The number of aromatic amines is 1. The molecule has 0 atom stereocenters.